The molecule has 3 aromatic carbocycles. The first-order chi connectivity index (χ1) is 34.9. The molecule has 18 nitrogen and oxygen atoms in total. The number of phenols is 2. The Balaban J connectivity index is 0.964. The summed E-state index contributed by atoms with van der Waals surface area (Å²) in [5, 5.41) is 39.1. The third-order valence-electron chi connectivity index (χ3n) is 14.7. The molecule has 18 heteroatoms. The maximum atomic E-state index is 14.8. The first-order valence-electron chi connectivity index (χ1n) is 25.8. The van der Waals surface area contributed by atoms with Crippen LogP contribution in [0, 0.1) is 18.8 Å². The lowest BCUT2D eigenvalue weighted by Gasteiger charge is -2.38. The first kappa shape index (κ1) is 51.1. The van der Waals surface area contributed by atoms with Crippen molar-refractivity contribution < 1.29 is 48.7 Å². The van der Waals surface area contributed by atoms with Gasteiger partial charge in [-0.2, -0.15) is 0 Å². The number of aromatic amines is 1. The van der Waals surface area contributed by atoms with Gasteiger partial charge in [-0.05, 0) is 76.0 Å². The van der Waals surface area contributed by atoms with E-state index in [2.05, 4.69) is 38.9 Å². The van der Waals surface area contributed by atoms with Gasteiger partial charge in [0.25, 0.3) is 11.7 Å². The Bertz CT molecular complexity index is 3010. The molecule has 7 heterocycles. The molecule has 73 heavy (non-hydrogen) atoms. The predicted molar refractivity (Wildman–Crippen MR) is 275 cm³/mol. The van der Waals surface area contributed by atoms with Gasteiger partial charge in [-0.1, -0.05) is 51.1 Å². The van der Waals surface area contributed by atoms with Crippen molar-refractivity contribution in [3.63, 3.8) is 0 Å². The number of benzene rings is 3. The number of piperidine rings is 1. The zero-order valence-electron chi connectivity index (χ0n) is 42.7. The number of fused-ring (bicyclic) bond motifs is 14. The van der Waals surface area contributed by atoms with E-state index in [4.69, 9.17) is 24.2 Å². The molecule has 6 aliphatic heterocycles. The number of hydrogen-bond acceptors (Lipinski definition) is 15. The summed E-state index contributed by atoms with van der Waals surface area (Å²) < 4.78 is 18.4. The van der Waals surface area contributed by atoms with E-state index in [1.165, 1.54) is 13.2 Å². The van der Waals surface area contributed by atoms with Gasteiger partial charge in [-0.25, -0.2) is 9.98 Å². The number of ether oxygens (including phenoxy) is 3. The summed E-state index contributed by atoms with van der Waals surface area (Å²) in [7, 11) is 0. The van der Waals surface area contributed by atoms with Crippen LogP contribution < -0.4 is 25.7 Å². The van der Waals surface area contributed by atoms with E-state index in [0.29, 0.717) is 76.3 Å². The summed E-state index contributed by atoms with van der Waals surface area (Å²) in [4.78, 5) is 79.6. The number of aromatic nitrogens is 2. The number of ketones is 1. The normalized spacial score (nSPS) is 25.6. The molecule has 0 aliphatic carbocycles. The third kappa shape index (κ3) is 10.7. The second kappa shape index (κ2) is 21.0. The predicted octanol–water partition coefficient (Wildman–Crippen LogP) is 6.40. The van der Waals surface area contributed by atoms with Crippen LogP contribution >= 0.6 is 0 Å². The lowest BCUT2D eigenvalue weighted by atomic mass is 9.92. The second-order valence-corrected chi connectivity index (χ2v) is 20.9. The molecule has 1 spiro atoms. The van der Waals surface area contributed by atoms with Crippen molar-refractivity contribution >= 4 is 57.0 Å². The van der Waals surface area contributed by atoms with E-state index in [9.17, 15) is 34.5 Å². The number of para-hydroxylation sites is 2. The largest absolute Gasteiger partial charge is 0.507 e. The van der Waals surface area contributed by atoms with Gasteiger partial charge >= 0.3 is 11.8 Å². The number of nitrogens with zero attached hydrogens (tertiary/aromatic N) is 6. The number of aromatic hydroxyl groups is 2. The Morgan fingerprint density at radius 3 is 2.52 bits per heavy atom. The topological polar surface area (TPSA) is 232 Å². The molecule has 388 valence electrons. The van der Waals surface area contributed by atoms with Crippen LogP contribution in [0.1, 0.15) is 108 Å². The molecule has 4 atom stereocenters. The van der Waals surface area contributed by atoms with Crippen LogP contribution in [0.25, 0.3) is 21.8 Å². The van der Waals surface area contributed by atoms with Gasteiger partial charge < -0.3 is 54.5 Å². The molecule has 2 saturated heterocycles. The van der Waals surface area contributed by atoms with E-state index >= 15 is 0 Å². The Morgan fingerprint density at radius 1 is 0.973 bits per heavy atom. The van der Waals surface area contributed by atoms with Crippen molar-refractivity contribution in [1.29, 1.82) is 0 Å². The number of Topliss-reactive ketones (excluding diaryl/α,β-unsaturated/α-hetero) is 1. The van der Waals surface area contributed by atoms with Gasteiger partial charge in [0.2, 0.25) is 11.9 Å². The van der Waals surface area contributed by atoms with E-state index < -0.39 is 53.5 Å². The average molecular weight is 1000 g/mol. The Morgan fingerprint density at radius 2 is 1.75 bits per heavy atom. The van der Waals surface area contributed by atoms with Gasteiger partial charge in [0.15, 0.2) is 5.75 Å². The van der Waals surface area contributed by atoms with Crippen LogP contribution in [-0.4, -0.2) is 128 Å². The molecule has 0 radical (unpaired) electrons. The Hall–Kier alpha value is -6.79. The van der Waals surface area contributed by atoms with Crippen LogP contribution in [0.15, 0.2) is 70.4 Å². The number of imidazole rings is 1. The number of phenolic OH excluding ortho intramolecular Hbond substituents is 2. The van der Waals surface area contributed by atoms with Crippen molar-refractivity contribution in [2.45, 2.75) is 123 Å². The number of amides is 2. The van der Waals surface area contributed by atoms with Crippen molar-refractivity contribution in [3.8, 4) is 17.2 Å². The maximum Gasteiger partial charge on any atom is 0.315 e. The highest BCUT2D eigenvalue weighted by Gasteiger charge is 2.50. The molecule has 4 aromatic rings. The molecule has 1 aromatic heterocycles. The lowest BCUT2D eigenvalue weighted by molar-refractivity contribution is -0.154. The Labute approximate surface area is 424 Å². The number of carbonyl (C=O) groups excluding carboxylic acids is 4. The van der Waals surface area contributed by atoms with E-state index in [0.717, 1.165) is 36.6 Å². The summed E-state index contributed by atoms with van der Waals surface area (Å²) >= 11 is 0. The minimum atomic E-state index is -1.90. The fourth-order valence-electron chi connectivity index (χ4n) is 10.7. The molecular formula is C55H68N8O10. The number of rotatable bonds is 6. The number of carbonyl (C=O) groups is 4. The summed E-state index contributed by atoms with van der Waals surface area (Å²) in [6.07, 6.45) is 9.83. The monoisotopic (exact) mass is 1000 g/mol. The van der Waals surface area contributed by atoms with Gasteiger partial charge in [-0.15, -0.1) is 0 Å². The molecule has 2 fully saturated rings. The van der Waals surface area contributed by atoms with E-state index in [-0.39, 0.29) is 74.4 Å². The van der Waals surface area contributed by atoms with Crippen LogP contribution in [0.5, 0.6) is 17.2 Å². The zero-order valence-corrected chi connectivity index (χ0v) is 42.7. The number of allylic oxidation sites excluding steroid dienone is 4. The fraction of sp³-hybridized carbons (Fsp3) is 0.509. The number of aliphatic hydroxyl groups excluding tert-OH is 1. The Kier molecular flexibility index (Phi) is 14.7. The van der Waals surface area contributed by atoms with Crippen molar-refractivity contribution in [2.75, 3.05) is 56.0 Å². The van der Waals surface area contributed by atoms with Crippen molar-refractivity contribution in [2.24, 2.45) is 21.8 Å². The first-order valence-corrected chi connectivity index (χ1v) is 25.8. The minimum absolute atomic E-state index is 0.00813. The summed E-state index contributed by atoms with van der Waals surface area (Å²) in [6, 6.07) is 7.80. The van der Waals surface area contributed by atoms with Gasteiger partial charge in [0, 0.05) is 88.5 Å². The van der Waals surface area contributed by atoms with E-state index in [1.807, 2.05) is 37.3 Å². The highest BCUT2D eigenvalue weighted by molar-refractivity contribution is 6.21. The SMILES string of the molecule is C/C1=C/C=C/C(C)CCC(O)C[C@H](OC(=O)CC(=O)N2CCCN(c3nc4ccccc4[nH]3)CC2)CC/C=C/OC2(C)Oc3c(C)c(O)c4c(O)c(c5c(c4c3C2=O)NC2(CCN(CC(C)C)CC2)N=5)=NC1=O. The minimum Gasteiger partial charge on any atom is -0.507 e. The fourth-order valence-corrected chi connectivity index (χ4v) is 10.7. The quantitative estimate of drug-likeness (QED) is 0.0800. The van der Waals surface area contributed by atoms with Crippen molar-refractivity contribution in [3.05, 3.63) is 82.2 Å². The molecule has 3 unspecified atom stereocenters. The molecule has 0 saturated carbocycles. The summed E-state index contributed by atoms with van der Waals surface area (Å²) in [6.45, 7) is 15.5. The molecule has 6 aliphatic rings. The number of hydrogen-bond donors (Lipinski definition) is 5. The lowest BCUT2D eigenvalue weighted by Crippen LogP contribution is -2.47. The number of anilines is 2. The summed E-state index contributed by atoms with van der Waals surface area (Å²) in [5.41, 5.74) is 1.84. The second-order valence-electron chi connectivity index (χ2n) is 20.9. The molecule has 5 N–H and O–H groups in total. The number of nitrogens with one attached hydrogen (secondary N) is 2. The van der Waals surface area contributed by atoms with Gasteiger partial charge in [0.05, 0.1) is 40.0 Å². The smallest absolute Gasteiger partial charge is 0.315 e. The highest BCUT2D eigenvalue weighted by Crippen LogP contribution is 2.51. The zero-order chi connectivity index (χ0) is 51.8. The van der Waals surface area contributed by atoms with Gasteiger partial charge in [0.1, 0.15) is 40.4 Å². The van der Waals surface area contributed by atoms with Crippen molar-refractivity contribution in [1.82, 2.24) is 19.8 Å². The van der Waals surface area contributed by atoms with Gasteiger partial charge in [-0.3, -0.25) is 24.2 Å². The molecule has 5 bridgehead atoms. The third-order valence-corrected chi connectivity index (χ3v) is 14.7. The van der Waals surface area contributed by atoms with Crippen LogP contribution in [-0.2, 0) is 23.9 Å². The number of likely N-dealkylation sites (tertiary alicyclic amines) is 1. The maximum absolute atomic E-state index is 14.8. The molecule has 2 amide bonds. The standard InChI is InChI=1S/C55H68N8O10/c1-32(2)31-61-24-20-55(21-25-61)59-45-42-43-48(67)35(5)50-44(42)51(69)54(6,73-50)71-28-10-9-15-37(29-36(64)19-18-33(3)13-11-14-34(4)52(70)58-47(49(43)68)46(45)60-55)72-41(66)30-40(65)62-22-12-23-63(27-26-62)53-56-38-16-7-8-17-39(38)57-53/h7-8,10-11,13-14,16-17,28,32-33,36-37,59,64,67-68H,9,12,15,18-27,29-31H2,1-6H3,(H,56,57)/b13-11+,28-10+,34-14-,58-47?/t33?,36?,37-,54?/m1/s1. The number of H-pyrrole nitrogens is 1. The van der Waals surface area contributed by atoms with Crippen LogP contribution in [0.2, 0.25) is 0 Å². The van der Waals surface area contributed by atoms with E-state index in [1.54, 1.807) is 37.0 Å². The highest BCUT2D eigenvalue weighted by atomic mass is 16.7. The molecule has 10 rings (SSSR count). The van der Waals surface area contributed by atoms with Crippen LogP contribution in [0.3, 0.4) is 0 Å². The summed E-state index contributed by atoms with van der Waals surface area (Å²) in [5.74, 6) is -3.71. The number of esters is 1. The number of aliphatic hydroxyl groups is 1. The van der Waals surface area contributed by atoms with Crippen LogP contribution in [0.4, 0.5) is 11.6 Å². The molecular weight excluding hydrogens is 933 g/mol. The average Bonchev–Trinajstić information content (AvgIpc) is 3.95.